The zero-order valence-corrected chi connectivity index (χ0v) is 21.3. The quantitative estimate of drug-likeness (QED) is 0.281. The van der Waals surface area contributed by atoms with E-state index in [2.05, 4.69) is 4.72 Å². The summed E-state index contributed by atoms with van der Waals surface area (Å²) in [6.45, 7) is 3.03. The van der Waals surface area contributed by atoms with Crippen LogP contribution in [0, 0.1) is 13.8 Å². The molecule has 0 aliphatic heterocycles. The van der Waals surface area contributed by atoms with Gasteiger partial charge >= 0.3 is 5.97 Å². The molecule has 10 heteroatoms. The number of para-hydroxylation sites is 1. The van der Waals surface area contributed by atoms with Gasteiger partial charge in [0.05, 0.1) is 21.8 Å². The number of carbonyl (C=O) groups excluding carboxylic acids is 2. The van der Waals surface area contributed by atoms with Gasteiger partial charge in [-0.25, -0.2) is 17.9 Å². The molecule has 1 N–H and O–H groups in total. The number of esters is 1. The molecule has 4 aromatic rings. The Morgan fingerprint density at radius 3 is 2.24 bits per heavy atom. The van der Waals surface area contributed by atoms with Crippen LogP contribution in [0.25, 0.3) is 5.69 Å². The monoisotopic (exact) mass is 519 g/mol. The number of ketones is 1. The van der Waals surface area contributed by atoms with Crippen LogP contribution in [-0.2, 0) is 21.8 Å². The summed E-state index contributed by atoms with van der Waals surface area (Å²) < 4.78 is 36.6. The molecule has 37 heavy (non-hydrogen) atoms. The predicted octanol–water partition coefficient (Wildman–Crippen LogP) is 3.63. The van der Waals surface area contributed by atoms with E-state index in [4.69, 9.17) is 4.74 Å². The fraction of sp³-hybridized carbons (Fsp3) is 0.148. The van der Waals surface area contributed by atoms with E-state index in [1.165, 1.54) is 22.9 Å². The summed E-state index contributed by atoms with van der Waals surface area (Å²) >= 11 is 0. The number of hydrogen-bond acceptors (Lipinski definition) is 6. The normalized spacial score (nSPS) is 11.2. The Labute approximate surface area is 214 Å². The molecule has 0 spiro atoms. The first-order chi connectivity index (χ1) is 17.6. The van der Waals surface area contributed by atoms with E-state index < -0.39 is 28.2 Å². The van der Waals surface area contributed by atoms with Gasteiger partial charge in [-0.05, 0) is 44.2 Å². The first kappa shape index (κ1) is 25.6. The third-order valence-electron chi connectivity index (χ3n) is 5.88. The molecule has 1 aromatic heterocycles. The second-order valence-corrected chi connectivity index (χ2v) is 10.1. The Morgan fingerprint density at radius 1 is 0.892 bits per heavy atom. The first-order valence-electron chi connectivity index (χ1n) is 11.3. The number of hydrogen-bond donors (Lipinski definition) is 1. The predicted molar refractivity (Wildman–Crippen MR) is 139 cm³/mol. The summed E-state index contributed by atoms with van der Waals surface area (Å²) in [5.41, 5.74) is 1.67. The number of Topliss-reactive ketones (excluding diaryl/α,β-unsaturated/α-hetero) is 1. The highest BCUT2D eigenvalue weighted by atomic mass is 32.2. The van der Waals surface area contributed by atoms with E-state index in [1.54, 1.807) is 67.2 Å². The summed E-state index contributed by atoms with van der Waals surface area (Å²) in [4.78, 5) is 37.7. The van der Waals surface area contributed by atoms with Gasteiger partial charge in [0, 0.05) is 12.6 Å². The Balaban J connectivity index is 1.54. The summed E-state index contributed by atoms with van der Waals surface area (Å²) in [5.74, 6) is -1.23. The van der Waals surface area contributed by atoms with Gasteiger partial charge in [0.2, 0.25) is 0 Å². The third-order valence-corrected chi connectivity index (χ3v) is 7.23. The lowest BCUT2D eigenvalue weighted by Gasteiger charge is -2.09. The molecule has 0 aliphatic carbocycles. The van der Waals surface area contributed by atoms with Gasteiger partial charge < -0.3 is 4.74 Å². The van der Waals surface area contributed by atoms with Crippen molar-refractivity contribution in [3.8, 4) is 5.69 Å². The molecule has 0 radical (unpaired) electrons. The maximum Gasteiger partial charge on any atom is 0.338 e. The molecule has 3 aromatic carbocycles. The molecule has 0 fully saturated rings. The van der Waals surface area contributed by atoms with Crippen molar-refractivity contribution >= 4 is 27.5 Å². The van der Waals surface area contributed by atoms with E-state index >= 15 is 0 Å². The molecular formula is C27H25N3O6S. The van der Waals surface area contributed by atoms with E-state index in [0.717, 1.165) is 11.6 Å². The standard InChI is InChI=1S/C27H25N3O6S/c1-18-12-14-20(15-13-18)24(31)17-36-27(33)21-8-7-11-23(16-21)37(34,35)28-25-19(2)29(3)30(26(25)32)22-9-5-4-6-10-22/h4-16,28H,17H2,1-3H3. The average molecular weight is 520 g/mol. The number of nitrogens with one attached hydrogen (secondary N) is 1. The Hall–Kier alpha value is -4.44. The molecule has 9 nitrogen and oxygen atoms in total. The van der Waals surface area contributed by atoms with Crippen LogP contribution in [0.1, 0.15) is 32.0 Å². The number of anilines is 1. The van der Waals surface area contributed by atoms with Crippen molar-refractivity contribution in [2.45, 2.75) is 18.7 Å². The van der Waals surface area contributed by atoms with Gasteiger partial charge in [-0.3, -0.25) is 19.0 Å². The van der Waals surface area contributed by atoms with Crippen LogP contribution in [0.5, 0.6) is 0 Å². The topological polar surface area (TPSA) is 116 Å². The van der Waals surface area contributed by atoms with Gasteiger partial charge in [0.25, 0.3) is 15.6 Å². The number of carbonyl (C=O) groups is 2. The zero-order chi connectivity index (χ0) is 26.7. The molecule has 0 saturated heterocycles. The van der Waals surface area contributed by atoms with Gasteiger partial charge in [-0.2, -0.15) is 0 Å². The van der Waals surface area contributed by atoms with Crippen molar-refractivity contribution in [2.24, 2.45) is 7.05 Å². The van der Waals surface area contributed by atoms with E-state index in [1.807, 2.05) is 13.0 Å². The molecule has 0 amide bonds. The Morgan fingerprint density at radius 2 is 1.57 bits per heavy atom. The summed E-state index contributed by atoms with van der Waals surface area (Å²) in [7, 11) is -2.58. The van der Waals surface area contributed by atoms with Crippen LogP contribution in [0.2, 0.25) is 0 Å². The van der Waals surface area contributed by atoms with Gasteiger partial charge in [0.1, 0.15) is 5.69 Å². The maximum absolute atomic E-state index is 13.1. The minimum atomic E-state index is -4.23. The maximum atomic E-state index is 13.1. The number of aromatic nitrogens is 2. The number of sulfonamides is 1. The number of benzene rings is 3. The molecule has 0 atom stereocenters. The third kappa shape index (κ3) is 5.39. The van der Waals surface area contributed by atoms with E-state index in [-0.39, 0.29) is 21.9 Å². The van der Waals surface area contributed by atoms with E-state index in [9.17, 15) is 22.8 Å². The van der Waals surface area contributed by atoms with Crippen LogP contribution < -0.4 is 10.3 Å². The smallest absolute Gasteiger partial charge is 0.338 e. The van der Waals surface area contributed by atoms with Crippen molar-refractivity contribution in [3.63, 3.8) is 0 Å². The lowest BCUT2D eigenvalue weighted by Crippen LogP contribution is -2.23. The lowest BCUT2D eigenvalue weighted by atomic mass is 10.1. The fourth-order valence-electron chi connectivity index (χ4n) is 3.71. The molecule has 1 heterocycles. The van der Waals surface area contributed by atoms with Crippen molar-refractivity contribution in [1.82, 2.24) is 9.36 Å². The van der Waals surface area contributed by atoms with Crippen LogP contribution in [-0.4, -0.2) is 36.1 Å². The summed E-state index contributed by atoms with van der Waals surface area (Å²) in [6, 6.07) is 20.8. The first-order valence-corrected chi connectivity index (χ1v) is 12.8. The van der Waals surface area contributed by atoms with Gasteiger partial charge in [-0.1, -0.05) is 54.1 Å². The second kappa shape index (κ2) is 10.3. The van der Waals surface area contributed by atoms with Crippen LogP contribution in [0.15, 0.2) is 88.6 Å². The van der Waals surface area contributed by atoms with Crippen LogP contribution in [0.3, 0.4) is 0 Å². The number of aryl methyl sites for hydroxylation is 1. The zero-order valence-electron chi connectivity index (χ0n) is 20.5. The fourth-order valence-corrected chi connectivity index (χ4v) is 4.87. The minimum Gasteiger partial charge on any atom is -0.454 e. The lowest BCUT2D eigenvalue weighted by molar-refractivity contribution is 0.0474. The van der Waals surface area contributed by atoms with Crippen LogP contribution >= 0.6 is 0 Å². The average Bonchev–Trinajstić information content (AvgIpc) is 3.10. The van der Waals surface area contributed by atoms with Crippen molar-refractivity contribution in [2.75, 3.05) is 11.3 Å². The highest BCUT2D eigenvalue weighted by Crippen LogP contribution is 2.20. The van der Waals surface area contributed by atoms with Gasteiger partial charge in [-0.15, -0.1) is 0 Å². The van der Waals surface area contributed by atoms with Crippen molar-refractivity contribution in [3.05, 3.63) is 112 Å². The largest absolute Gasteiger partial charge is 0.454 e. The molecular weight excluding hydrogens is 494 g/mol. The molecule has 190 valence electrons. The van der Waals surface area contributed by atoms with Crippen molar-refractivity contribution in [1.29, 1.82) is 0 Å². The molecule has 0 aliphatic rings. The molecule has 0 saturated carbocycles. The number of rotatable bonds is 8. The molecule has 4 rings (SSSR count). The summed E-state index contributed by atoms with van der Waals surface area (Å²) in [5, 5.41) is 0. The van der Waals surface area contributed by atoms with E-state index in [0.29, 0.717) is 16.9 Å². The van der Waals surface area contributed by atoms with Crippen LogP contribution in [0.4, 0.5) is 5.69 Å². The molecule has 0 bridgehead atoms. The molecule has 0 unspecified atom stereocenters. The highest BCUT2D eigenvalue weighted by molar-refractivity contribution is 7.92. The van der Waals surface area contributed by atoms with Gasteiger partial charge in [0.15, 0.2) is 12.4 Å². The number of nitrogens with zero attached hydrogens (tertiary/aromatic N) is 2. The highest BCUT2D eigenvalue weighted by Gasteiger charge is 2.23. The Bertz CT molecular complexity index is 1640. The summed E-state index contributed by atoms with van der Waals surface area (Å²) in [6.07, 6.45) is 0. The second-order valence-electron chi connectivity index (χ2n) is 8.44. The minimum absolute atomic E-state index is 0.0499. The van der Waals surface area contributed by atoms with Crippen molar-refractivity contribution < 1.29 is 22.7 Å². The Kier molecular flexibility index (Phi) is 7.12. The SMILES string of the molecule is Cc1ccc(C(=O)COC(=O)c2cccc(S(=O)(=O)Nc3c(C)n(C)n(-c4ccccc4)c3=O)c2)cc1. The number of ether oxygens (including phenoxy) is 1.